The number of aliphatic hydroxyl groups excluding tert-OH is 2. The summed E-state index contributed by atoms with van der Waals surface area (Å²) in [5, 5.41) is 18.8. The van der Waals surface area contributed by atoms with Crippen molar-refractivity contribution in [2.75, 3.05) is 19.0 Å². The number of nitrogens with zero attached hydrogens (tertiary/aromatic N) is 2. The maximum Gasteiger partial charge on any atom is 0.203 e. The highest BCUT2D eigenvalue weighted by atomic mass is 32.1. The summed E-state index contributed by atoms with van der Waals surface area (Å²) in [5.74, 6) is 0.147. The molecule has 1 aromatic heterocycles. The van der Waals surface area contributed by atoms with Crippen molar-refractivity contribution in [3.8, 4) is 0 Å². The maximum atomic E-state index is 14.0. The molecule has 1 saturated heterocycles. The molecular weight excluding hydrogens is 280 g/mol. The number of aliphatic hydroxyl groups is 2. The lowest BCUT2D eigenvalue weighted by Gasteiger charge is -2.26. The molecule has 1 aliphatic rings. The Hall–Kier alpha value is -1.16. The van der Waals surface area contributed by atoms with Crippen molar-refractivity contribution in [3.63, 3.8) is 0 Å². The standard InChI is InChI=1S/C10H13F2N3O3S/c11-3-10(4-16)7(17)6(12)8(18-10)15-2-1-5(13)14-9(15)19/h1-2,6-8,16-17H,3-4H2,(H2,13,14,19)/t6-,7?,8+,10+/m0/s1. The van der Waals surface area contributed by atoms with Crippen LogP contribution < -0.4 is 5.73 Å². The Labute approximate surface area is 112 Å². The number of hydrogen-bond acceptors (Lipinski definition) is 6. The number of ether oxygens (including phenoxy) is 1. The zero-order valence-corrected chi connectivity index (χ0v) is 10.6. The molecule has 106 valence electrons. The monoisotopic (exact) mass is 293 g/mol. The van der Waals surface area contributed by atoms with E-state index in [9.17, 15) is 13.9 Å². The molecule has 0 aliphatic carbocycles. The van der Waals surface area contributed by atoms with Crippen LogP contribution in [0.3, 0.4) is 0 Å². The molecule has 4 atom stereocenters. The van der Waals surface area contributed by atoms with Crippen molar-refractivity contribution in [2.45, 2.75) is 24.1 Å². The van der Waals surface area contributed by atoms with Crippen LogP contribution >= 0.6 is 12.2 Å². The Morgan fingerprint density at radius 3 is 2.79 bits per heavy atom. The van der Waals surface area contributed by atoms with Crippen molar-refractivity contribution < 1.29 is 23.7 Å². The summed E-state index contributed by atoms with van der Waals surface area (Å²) in [6.45, 7) is -2.07. The lowest BCUT2D eigenvalue weighted by atomic mass is 9.98. The number of alkyl halides is 2. The molecule has 1 unspecified atom stereocenters. The highest BCUT2D eigenvalue weighted by Gasteiger charge is 2.56. The van der Waals surface area contributed by atoms with Gasteiger partial charge >= 0.3 is 0 Å². The number of hydrogen-bond donors (Lipinski definition) is 3. The maximum absolute atomic E-state index is 14.0. The summed E-state index contributed by atoms with van der Waals surface area (Å²) in [7, 11) is 0. The normalized spacial score (nSPS) is 34.6. The molecule has 19 heavy (non-hydrogen) atoms. The van der Waals surface area contributed by atoms with E-state index in [1.807, 2.05) is 0 Å². The fourth-order valence-corrected chi connectivity index (χ4v) is 2.20. The van der Waals surface area contributed by atoms with Crippen molar-refractivity contribution in [1.82, 2.24) is 9.55 Å². The molecule has 0 spiro atoms. The molecular formula is C10H13F2N3O3S. The van der Waals surface area contributed by atoms with E-state index in [4.69, 9.17) is 27.8 Å². The van der Waals surface area contributed by atoms with E-state index >= 15 is 0 Å². The van der Waals surface area contributed by atoms with Gasteiger partial charge in [0.05, 0.1) is 6.61 Å². The molecule has 0 aromatic carbocycles. The van der Waals surface area contributed by atoms with Gasteiger partial charge in [0.15, 0.2) is 18.0 Å². The number of anilines is 1. The lowest BCUT2D eigenvalue weighted by molar-refractivity contribution is -0.137. The molecule has 1 aliphatic heterocycles. The minimum absolute atomic E-state index is 0.0625. The first kappa shape index (κ1) is 14.3. The van der Waals surface area contributed by atoms with E-state index in [1.54, 1.807) is 0 Å². The van der Waals surface area contributed by atoms with Crippen molar-refractivity contribution in [1.29, 1.82) is 0 Å². The molecule has 0 saturated carbocycles. The van der Waals surface area contributed by atoms with Gasteiger partial charge in [0.2, 0.25) is 4.77 Å². The summed E-state index contributed by atoms with van der Waals surface area (Å²) >= 11 is 4.90. The van der Waals surface area contributed by atoms with Gasteiger partial charge < -0.3 is 20.7 Å². The third-order valence-electron chi connectivity index (χ3n) is 3.09. The van der Waals surface area contributed by atoms with Crippen molar-refractivity contribution in [2.24, 2.45) is 0 Å². The molecule has 9 heteroatoms. The van der Waals surface area contributed by atoms with Crippen LogP contribution in [0.4, 0.5) is 14.6 Å². The van der Waals surface area contributed by atoms with Gasteiger partial charge in [0.1, 0.15) is 18.6 Å². The number of nitrogen functional groups attached to an aromatic ring is 1. The zero-order valence-electron chi connectivity index (χ0n) is 9.74. The molecule has 2 heterocycles. The Morgan fingerprint density at radius 1 is 1.63 bits per heavy atom. The van der Waals surface area contributed by atoms with E-state index in [0.29, 0.717) is 0 Å². The second kappa shape index (κ2) is 5.08. The predicted octanol–water partition coefficient (Wildman–Crippen LogP) is 0.123. The molecule has 0 radical (unpaired) electrons. The van der Waals surface area contributed by atoms with Gasteiger partial charge in [-0.25, -0.2) is 13.8 Å². The molecule has 0 bridgehead atoms. The third-order valence-corrected chi connectivity index (χ3v) is 3.39. The van der Waals surface area contributed by atoms with E-state index in [2.05, 4.69) is 4.98 Å². The average molecular weight is 293 g/mol. The molecule has 4 N–H and O–H groups in total. The van der Waals surface area contributed by atoms with Crippen molar-refractivity contribution in [3.05, 3.63) is 17.0 Å². The van der Waals surface area contributed by atoms with Gasteiger partial charge in [-0.2, -0.15) is 0 Å². The van der Waals surface area contributed by atoms with Gasteiger partial charge in [-0.1, -0.05) is 0 Å². The number of halogens is 2. The third kappa shape index (κ3) is 2.22. The topological polar surface area (TPSA) is 93.5 Å². The minimum atomic E-state index is -1.99. The lowest BCUT2D eigenvalue weighted by Crippen LogP contribution is -2.47. The van der Waals surface area contributed by atoms with Crippen LogP contribution in [-0.2, 0) is 4.74 Å². The summed E-state index contributed by atoms with van der Waals surface area (Å²) in [6.07, 6.45) is -3.77. The highest BCUT2D eigenvalue weighted by molar-refractivity contribution is 7.71. The van der Waals surface area contributed by atoms with Gasteiger partial charge in [0.25, 0.3) is 0 Å². The fraction of sp³-hybridized carbons (Fsp3) is 0.600. The highest BCUT2D eigenvalue weighted by Crippen LogP contribution is 2.39. The van der Waals surface area contributed by atoms with Gasteiger partial charge in [-0.15, -0.1) is 0 Å². The SMILES string of the molecule is Nc1ccn([C@@H]2O[C@@](CO)(CF)C(O)[C@@H]2F)c(=S)n1. The number of nitrogens with two attached hydrogens (primary N) is 1. The first-order valence-corrected chi connectivity index (χ1v) is 5.87. The van der Waals surface area contributed by atoms with Crippen LogP contribution in [0, 0.1) is 4.77 Å². The second-order valence-corrected chi connectivity index (χ2v) is 4.66. The summed E-state index contributed by atoms with van der Waals surface area (Å²) in [5.41, 5.74) is 3.43. The Morgan fingerprint density at radius 2 is 2.32 bits per heavy atom. The van der Waals surface area contributed by atoms with E-state index in [0.717, 1.165) is 4.57 Å². The Balaban J connectivity index is 2.39. The minimum Gasteiger partial charge on any atom is -0.393 e. The Bertz CT molecular complexity index is 523. The smallest absolute Gasteiger partial charge is 0.203 e. The summed E-state index contributed by atoms with van der Waals surface area (Å²) in [4.78, 5) is 3.75. The molecule has 1 aromatic rings. The largest absolute Gasteiger partial charge is 0.393 e. The van der Waals surface area contributed by atoms with E-state index < -0.39 is 37.4 Å². The van der Waals surface area contributed by atoms with Crippen LogP contribution in [0.15, 0.2) is 12.3 Å². The van der Waals surface area contributed by atoms with Gasteiger partial charge in [0, 0.05) is 6.20 Å². The van der Waals surface area contributed by atoms with Crippen LogP contribution in [-0.4, -0.2) is 50.9 Å². The van der Waals surface area contributed by atoms with Crippen molar-refractivity contribution >= 4 is 18.0 Å². The summed E-state index contributed by atoms with van der Waals surface area (Å²) < 4.78 is 33.2. The predicted molar refractivity (Wildman–Crippen MR) is 64.3 cm³/mol. The average Bonchev–Trinajstić information content (AvgIpc) is 2.64. The zero-order chi connectivity index (χ0) is 14.2. The molecule has 6 nitrogen and oxygen atoms in total. The fourth-order valence-electron chi connectivity index (χ4n) is 1.93. The van der Waals surface area contributed by atoms with Crippen LogP contribution in [0.25, 0.3) is 0 Å². The quantitative estimate of drug-likeness (QED) is 0.686. The van der Waals surface area contributed by atoms with Gasteiger partial charge in [-0.05, 0) is 18.3 Å². The number of rotatable bonds is 3. The van der Waals surface area contributed by atoms with E-state index in [-0.39, 0.29) is 10.6 Å². The molecule has 1 fully saturated rings. The first-order chi connectivity index (χ1) is 8.95. The molecule has 2 rings (SSSR count). The number of aromatic nitrogens is 2. The van der Waals surface area contributed by atoms with E-state index in [1.165, 1.54) is 12.3 Å². The Kier molecular flexibility index (Phi) is 3.81. The van der Waals surface area contributed by atoms with Crippen LogP contribution in [0.5, 0.6) is 0 Å². The first-order valence-electron chi connectivity index (χ1n) is 5.46. The van der Waals surface area contributed by atoms with Gasteiger partial charge in [-0.3, -0.25) is 4.57 Å². The van der Waals surface area contributed by atoms with Crippen LogP contribution in [0.1, 0.15) is 6.23 Å². The molecule has 0 amide bonds. The summed E-state index contributed by atoms with van der Waals surface area (Å²) in [6, 6.07) is 1.37. The van der Waals surface area contributed by atoms with Crippen LogP contribution in [0.2, 0.25) is 0 Å². The second-order valence-electron chi connectivity index (χ2n) is 4.30.